The lowest BCUT2D eigenvalue weighted by molar-refractivity contribution is -0.145. The standard InChI is InChI=1S/C21H22N2O3S2/c1-12-8-9-15-16(10-12)28-21-18(15)20(25)22-19(23-21)13(2)26-17(24)11-27-14-6-4-3-5-7-14/h3-7,12-13H,8-11H2,1-2H3,(H,22,23,25)/t12-,13+/m0/s1. The van der Waals surface area contributed by atoms with Gasteiger partial charge in [-0.05, 0) is 49.8 Å². The number of carbonyl (C=O) groups excluding carboxylic acids is 1. The Kier molecular flexibility index (Phi) is 5.55. The van der Waals surface area contributed by atoms with Gasteiger partial charge in [0.15, 0.2) is 11.9 Å². The molecule has 146 valence electrons. The second-order valence-electron chi connectivity index (χ2n) is 7.22. The largest absolute Gasteiger partial charge is 0.454 e. The van der Waals surface area contributed by atoms with Crippen LogP contribution in [0.25, 0.3) is 10.2 Å². The monoisotopic (exact) mass is 414 g/mol. The van der Waals surface area contributed by atoms with Gasteiger partial charge >= 0.3 is 5.97 Å². The van der Waals surface area contributed by atoms with Crippen LogP contribution in [0.5, 0.6) is 0 Å². The molecule has 28 heavy (non-hydrogen) atoms. The fourth-order valence-electron chi connectivity index (χ4n) is 3.50. The van der Waals surface area contributed by atoms with E-state index in [1.807, 2.05) is 30.3 Å². The van der Waals surface area contributed by atoms with Crippen molar-refractivity contribution in [2.75, 3.05) is 5.75 Å². The Morgan fingerprint density at radius 3 is 2.96 bits per heavy atom. The molecule has 0 bridgehead atoms. The Morgan fingerprint density at radius 2 is 2.18 bits per heavy atom. The number of aromatic nitrogens is 2. The molecule has 1 aromatic carbocycles. The molecule has 0 radical (unpaired) electrons. The first-order valence-electron chi connectivity index (χ1n) is 9.43. The number of aromatic amines is 1. The number of rotatable bonds is 5. The van der Waals surface area contributed by atoms with Gasteiger partial charge in [-0.15, -0.1) is 23.1 Å². The molecule has 2 atom stereocenters. The van der Waals surface area contributed by atoms with Gasteiger partial charge in [0, 0.05) is 9.77 Å². The first kappa shape index (κ1) is 19.2. The lowest BCUT2D eigenvalue weighted by Crippen LogP contribution is -2.18. The number of ether oxygens (including phenoxy) is 1. The maximum Gasteiger partial charge on any atom is 0.316 e. The molecule has 0 amide bonds. The molecule has 2 aromatic heterocycles. The van der Waals surface area contributed by atoms with Gasteiger partial charge in [-0.1, -0.05) is 25.1 Å². The lowest BCUT2D eigenvalue weighted by atomic mass is 9.89. The number of thioether (sulfide) groups is 1. The molecule has 1 aliphatic carbocycles. The molecule has 1 N–H and O–H groups in total. The van der Waals surface area contributed by atoms with Gasteiger partial charge in [0.2, 0.25) is 0 Å². The van der Waals surface area contributed by atoms with Crippen LogP contribution in [-0.4, -0.2) is 21.7 Å². The van der Waals surface area contributed by atoms with Crippen LogP contribution in [0.4, 0.5) is 0 Å². The van der Waals surface area contributed by atoms with Gasteiger partial charge in [-0.2, -0.15) is 0 Å². The number of hydrogen-bond acceptors (Lipinski definition) is 6. The number of nitrogens with one attached hydrogen (secondary N) is 1. The highest BCUT2D eigenvalue weighted by Crippen LogP contribution is 2.36. The fourth-order valence-corrected chi connectivity index (χ4v) is 5.60. The first-order chi connectivity index (χ1) is 13.5. The summed E-state index contributed by atoms with van der Waals surface area (Å²) in [5.41, 5.74) is 1.02. The Labute approximate surface area is 171 Å². The molecular formula is C21H22N2O3S2. The fraction of sp³-hybridized carbons (Fsp3) is 0.381. The number of fused-ring (bicyclic) bond motifs is 3. The van der Waals surface area contributed by atoms with Crippen LogP contribution in [0, 0.1) is 5.92 Å². The average Bonchev–Trinajstić information content (AvgIpc) is 3.05. The van der Waals surface area contributed by atoms with E-state index in [2.05, 4.69) is 16.9 Å². The van der Waals surface area contributed by atoms with E-state index in [1.54, 1.807) is 18.3 Å². The summed E-state index contributed by atoms with van der Waals surface area (Å²) in [6.45, 7) is 3.98. The second-order valence-corrected chi connectivity index (χ2v) is 9.35. The number of hydrogen-bond donors (Lipinski definition) is 1. The molecule has 5 nitrogen and oxygen atoms in total. The minimum Gasteiger partial charge on any atom is -0.454 e. The number of H-pyrrole nitrogens is 1. The Morgan fingerprint density at radius 1 is 1.39 bits per heavy atom. The molecule has 2 heterocycles. The molecule has 0 saturated heterocycles. The number of carbonyl (C=O) groups is 1. The highest BCUT2D eigenvalue weighted by Gasteiger charge is 2.24. The molecule has 1 aliphatic rings. The van der Waals surface area contributed by atoms with Crippen molar-refractivity contribution in [1.29, 1.82) is 0 Å². The summed E-state index contributed by atoms with van der Waals surface area (Å²) in [4.78, 5) is 35.3. The third-order valence-electron chi connectivity index (χ3n) is 4.98. The lowest BCUT2D eigenvalue weighted by Gasteiger charge is -2.17. The predicted octanol–water partition coefficient (Wildman–Crippen LogP) is 4.51. The molecule has 0 unspecified atom stereocenters. The number of thiophene rings is 1. The SMILES string of the molecule is C[C@H]1CCc2c(sc3nc([C@@H](C)OC(=O)CSc4ccccc4)[nH]c(=O)c23)C1. The van der Waals surface area contributed by atoms with Crippen molar-refractivity contribution in [3.8, 4) is 0 Å². The zero-order valence-corrected chi connectivity index (χ0v) is 17.5. The third kappa shape index (κ3) is 4.00. The van der Waals surface area contributed by atoms with Gasteiger partial charge in [-0.3, -0.25) is 9.59 Å². The zero-order valence-electron chi connectivity index (χ0n) is 15.9. The van der Waals surface area contributed by atoms with E-state index < -0.39 is 6.10 Å². The van der Waals surface area contributed by atoms with Crippen molar-refractivity contribution in [2.24, 2.45) is 5.92 Å². The molecule has 0 saturated carbocycles. The van der Waals surface area contributed by atoms with E-state index in [1.165, 1.54) is 16.6 Å². The summed E-state index contributed by atoms with van der Waals surface area (Å²) in [6.07, 6.45) is 2.44. The number of aryl methyl sites for hydroxylation is 1. The van der Waals surface area contributed by atoms with Crippen molar-refractivity contribution >= 4 is 39.3 Å². The minimum atomic E-state index is -0.598. The third-order valence-corrected chi connectivity index (χ3v) is 7.11. The molecule has 0 aliphatic heterocycles. The molecule has 0 spiro atoms. The summed E-state index contributed by atoms with van der Waals surface area (Å²) < 4.78 is 5.49. The van der Waals surface area contributed by atoms with E-state index >= 15 is 0 Å². The van der Waals surface area contributed by atoms with Crippen molar-refractivity contribution < 1.29 is 9.53 Å². The predicted molar refractivity (Wildman–Crippen MR) is 113 cm³/mol. The van der Waals surface area contributed by atoms with Crippen molar-refractivity contribution in [3.63, 3.8) is 0 Å². The average molecular weight is 415 g/mol. The van der Waals surface area contributed by atoms with Crippen LogP contribution in [0.3, 0.4) is 0 Å². The first-order valence-corrected chi connectivity index (χ1v) is 11.2. The summed E-state index contributed by atoms with van der Waals surface area (Å²) in [5, 5.41) is 0.716. The van der Waals surface area contributed by atoms with Gasteiger partial charge in [-0.25, -0.2) is 4.98 Å². The minimum absolute atomic E-state index is 0.131. The van der Waals surface area contributed by atoms with Gasteiger partial charge in [0.25, 0.3) is 5.56 Å². The van der Waals surface area contributed by atoms with E-state index in [0.717, 1.165) is 34.6 Å². The van der Waals surface area contributed by atoms with E-state index in [9.17, 15) is 9.59 Å². The van der Waals surface area contributed by atoms with Crippen LogP contribution in [0.2, 0.25) is 0 Å². The quantitative estimate of drug-likeness (QED) is 0.491. The van der Waals surface area contributed by atoms with Crippen molar-refractivity contribution in [1.82, 2.24) is 9.97 Å². The van der Waals surface area contributed by atoms with Crippen LogP contribution < -0.4 is 5.56 Å². The highest BCUT2D eigenvalue weighted by molar-refractivity contribution is 8.00. The molecular weight excluding hydrogens is 392 g/mol. The normalized spacial score (nSPS) is 17.3. The van der Waals surface area contributed by atoms with E-state index in [-0.39, 0.29) is 17.3 Å². The van der Waals surface area contributed by atoms with Crippen LogP contribution >= 0.6 is 23.1 Å². The summed E-state index contributed by atoms with van der Waals surface area (Å²) in [6, 6.07) is 9.70. The van der Waals surface area contributed by atoms with Crippen molar-refractivity contribution in [2.45, 2.75) is 44.1 Å². The molecule has 4 rings (SSSR count). The summed E-state index contributed by atoms with van der Waals surface area (Å²) >= 11 is 3.02. The number of esters is 1. The Bertz CT molecular complexity index is 1060. The number of benzene rings is 1. The van der Waals surface area contributed by atoms with Crippen LogP contribution in [0.1, 0.15) is 42.6 Å². The topological polar surface area (TPSA) is 72.0 Å². The van der Waals surface area contributed by atoms with Gasteiger partial charge in [0.05, 0.1) is 11.1 Å². The van der Waals surface area contributed by atoms with Gasteiger partial charge in [0.1, 0.15) is 4.83 Å². The number of nitrogens with zero attached hydrogens (tertiary/aromatic N) is 1. The molecule has 7 heteroatoms. The van der Waals surface area contributed by atoms with E-state index in [4.69, 9.17) is 4.74 Å². The van der Waals surface area contributed by atoms with Gasteiger partial charge < -0.3 is 9.72 Å². The van der Waals surface area contributed by atoms with Crippen LogP contribution in [-0.2, 0) is 22.4 Å². The Hall–Kier alpha value is -2.12. The zero-order chi connectivity index (χ0) is 19.7. The Balaban J connectivity index is 1.49. The maximum absolute atomic E-state index is 12.7. The van der Waals surface area contributed by atoms with E-state index in [0.29, 0.717) is 17.1 Å². The molecule has 0 fully saturated rings. The molecule has 3 aromatic rings. The smallest absolute Gasteiger partial charge is 0.316 e. The second kappa shape index (κ2) is 8.09. The van der Waals surface area contributed by atoms with Crippen molar-refractivity contribution in [3.05, 3.63) is 57.0 Å². The maximum atomic E-state index is 12.7. The summed E-state index contributed by atoms with van der Waals surface area (Å²) in [7, 11) is 0. The highest BCUT2D eigenvalue weighted by atomic mass is 32.2. The summed E-state index contributed by atoms with van der Waals surface area (Å²) in [5.74, 6) is 0.929. The van der Waals surface area contributed by atoms with Crippen LogP contribution in [0.15, 0.2) is 40.0 Å².